The van der Waals surface area contributed by atoms with Crippen molar-refractivity contribution in [2.24, 2.45) is 34.2 Å². The zero-order chi connectivity index (χ0) is 53.5. The minimum absolute atomic E-state index is 0.0208. The molecule has 0 aromatic heterocycles. The summed E-state index contributed by atoms with van der Waals surface area (Å²) in [4.78, 5) is 126. The Labute approximate surface area is 415 Å². The first-order chi connectivity index (χ1) is 33.4. The lowest BCUT2D eigenvalue weighted by Crippen LogP contribution is -2.57. The van der Waals surface area contributed by atoms with Gasteiger partial charge in [-0.1, -0.05) is 88.4 Å². The highest BCUT2D eigenvalue weighted by Gasteiger charge is 2.34. The molecule has 392 valence electrons. The lowest BCUT2D eigenvalue weighted by molar-refractivity contribution is -0.146. The third kappa shape index (κ3) is 20.8. The van der Waals surface area contributed by atoms with Gasteiger partial charge in [0.1, 0.15) is 35.9 Å². The van der Waals surface area contributed by atoms with E-state index in [9.17, 15) is 48.3 Å². The van der Waals surface area contributed by atoms with Crippen LogP contribution in [0.5, 0.6) is 0 Å². The highest BCUT2D eigenvalue weighted by molar-refractivity contribution is 6.00. The number of aliphatic imine (C=N–C) groups is 1. The molecule has 9 atom stereocenters. The third-order valence-corrected chi connectivity index (χ3v) is 11.7. The van der Waals surface area contributed by atoms with E-state index >= 15 is 0 Å². The Kier molecular flexibility index (Phi) is 25.2. The van der Waals surface area contributed by atoms with Gasteiger partial charge in [0.05, 0.1) is 31.6 Å². The summed E-state index contributed by atoms with van der Waals surface area (Å²) in [5.74, 6) is -10.1. The molecular formula is C49H74N10O12. The predicted octanol–water partition coefficient (Wildman–Crippen LogP) is 0.461. The molecule has 1 heterocycles. The van der Waals surface area contributed by atoms with Gasteiger partial charge in [-0.2, -0.15) is 0 Å². The predicted molar refractivity (Wildman–Crippen MR) is 264 cm³/mol. The van der Waals surface area contributed by atoms with Crippen molar-refractivity contribution in [3.63, 3.8) is 0 Å². The van der Waals surface area contributed by atoms with E-state index in [0.29, 0.717) is 6.42 Å². The standard InChI is InChI=1S/C49H74N10O12/c1-27(2)23-37-46(66)58-38(47(67)68)26-40(60)54-35(17-14-22-52-49(50)51)45(65)55-34(19-18-28(3)24-29(4)39(70-9)25-33-15-12-11-13-16-33)30(5)42(62)56-36(48(69)71-10)20-21-41(61)59(8)32(7)44(64)53-31(6)43(63)57-37/h11-13,15-16,18-19,24,27,29-31,34-39H,7,14,17,20-23,25-26H2,1-6,8-10H3,(H,53,64)(H,54,60)(H,55,65)(H,56,62)(H,57,63)(H,58,66)(H,67,68)(H4,50,51,52)/b19-18+,28-24+/t29-,30-,31+,34?,35?,36+,37-,38?,39-/m0/s1. The van der Waals surface area contributed by atoms with E-state index in [1.54, 1.807) is 33.1 Å². The topological polar surface area (TPSA) is 332 Å². The fourth-order valence-electron chi connectivity index (χ4n) is 7.39. The van der Waals surface area contributed by atoms with Crippen LogP contribution < -0.4 is 43.4 Å². The Morgan fingerprint density at radius 1 is 0.887 bits per heavy atom. The van der Waals surface area contributed by atoms with Crippen molar-refractivity contribution in [3.05, 3.63) is 72.0 Å². The number of esters is 1. The average Bonchev–Trinajstić information content (AvgIpc) is 3.31. The Morgan fingerprint density at radius 3 is 2.11 bits per heavy atom. The molecule has 0 saturated carbocycles. The van der Waals surface area contributed by atoms with Crippen molar-refractivity contribution < 1.29 is 57.7 Å². The second-order valence-corrected chi connectivity index (χ2v) is 18.0. The third-order valence-electron chi connectivity index (χ3n) is 11.7. The molecule has 22 heteroatoms. The smallest absolute Gasteiger partial charge is 0.328 e. The molecule has 22 nitrogen and oxygen atoms in total. The molecule has 0 radical (unpaired) electrons. The van der Waals surface area contributed by atoms with Crippen molar-refractivity contribution in [2.45, 2.75) is 129 Å². The highest BCUT2D eigenvalue weighted by Crippen LogP contribution is 2.19. The molecule has 1 aromatic carbocycles. The summed E-state index contributed by atoms with van der Waals surface area (Å²) in [5, 5.41) is 25.4. The minimum atomic E-state index is -1.84. The van der Waals surface area contributed by atoms with E-state index in [1.807, 2.05) is 50.3 Å². The van der Waals surface area contributed by atoms with Crippen LogP contribution in [0, 0.1) is 17.8 Å². The first kappa shape index (κ1) is 60.0. The molecule has 1 fully saturated rings. The lowest BCUT2D eigenvalue weighted by atomic mass is 9.94. The first-order valence-electron chi connectivity index (χ1n) is 23.4. The molecule has 0 bridgehead atoms. The van der Waals surface area contributed by atoms with Gasteiger partial charge in [-0.25, -0.2) is 9.59 Å². The van der Waals surface area contributed by atoms with Gasteiger partial charge >= 0.3 is 11.9 Å². The van der Waals surface area contributed by atoms with Crippen molar-refractivity contribution in [2.75, 3.05) is 27.8 Å². The number of amides is 7. The first-order valence-corrected chi connectivity index (χ1v) is 23.4. The number of carbonyl (C=O) groups is 9. The monoisotopic (exact) mass is 995 g/mol. The van der Waals surface area contributed by atoms with Crippen molar-refractivity contribution >= 4 is 59.2 Å². The number of ether oxygens (including phenoxy) is 2. The summed E-state index contributed by atoms with van der Waals surface area (Å²) in [6, 6.07) is 1.45. The van der Waals surface area contributed by atoms with E-state index in [1.165, 1.54) is 20.9 Å². The maximum absolute atomic E-state index is 14.3. The number of hydrogen-bond acceptors (Lipinski definition) is 12. The number of likely N-dealkylation sites (N-methyl/N-ethyl adjacent to an activating group) is 1. The van der Waals surface area contributed by atoms with Gasteiger partial charge in [-0.05, 0) is 57.4 Å². The molecule has 1 aromatic rings. The fraction of sp³-hybridized carbons (Fsp3) is 0.551. The Balaban J connectivity index is 2.71. The van der Waals surface area contributed by atoms with Gasteiger partial charge in [-0.3, -0.25) is 38.6 Å². The summed E-state index contributed by atoms with van der Waals surface area (Å²) in [6.45, 7) is 13.8. The molecular weight excluding hydrogens is 921 g/mol. The maximum Gasteiger partial charge on any atom is 0.328 e. The van der Waals surface area contributed by atoms with Crippen LogP contribution >= 0.6 is 0 Å². The lowest BCUT2D eigenvalue weighted by Gasteiger charge is -2.27. The van der Waals surface area contributed by atoms with Crippen molar-refractivity contribution in [3.8, 4) is 0 Å². The number of carboxylic acid groups (broad SMARTS) is 1. The van der Waals surface area contributed by atoms with E-state index in [-0.39, 0.29) is 61.8 Å². The SMILES string of the molecule is C=C1C(=O)N[C@H](C)C(=O)N[C@@H](CC(C)C)C(=O)NC(C(=O)O)CC(=O)NC(CCCN=C(N)N)C(=O)NC(/C=C/C(C)=C/[C@H](C)[C@H](Cc2ccccc2)OC)[C@H](C)C(=O)N[C@@H](C(=O)OC)CCC(=O)N1C. The summed E-state index contributed by atoms with van der Waals surface area (Å²) in [7, 11) is 3.97. The second kappa shape index (κ2) is 29.8. The van der Waals surface area contributed by atoms with E-state index in [2.05, 4.69) is 43.5 Å². The minimum Gasteiger partial charge on any atom is -0.480 e. The maximum atomic E-state index is 14.3. The van der Waals surface area contributed by atoms with Crippen LogP contribution in [0.3, 0.4) is 0 Å². The number of guanidine groups is 1. The van der Waals surface area contributed by atoms with Crippen LogP contribution in [0.2, 0.25) is 0 Å². The number of carboxylic acids is 1. The Hall–Kier alpha value is -7.10. The molecule has 2 rings (SSSR count). The summed E-state index contributed by atoms with van der Waals surface area (Å²) < 4.78 is 10.8. The summed E-state index contributed by atoms with van der Waals surface area (Å²) >= 11 is 0. The number of rotatable bonds is 15. The van der Waals surface area contributed by atoms with Gasteiger partial charge in [0, 0.05) is 33.0 Å². The quantitative estimate of drug-likeness (QED) is 0.0288. The molecule has 7 amide bonds. The van der Waals surface area contributed by atoms with Gasteiger partial charge in [0.2, 0.25) is 35.4 Å². The molecule has 1 saturated heterocycles. The molecule has 11 N–H and O–H groups in total. The van der Waals surface area contributed by atoms with Crippen molar-refractivity contribution in [1.82, 2.24) is 36.8 Å². The van der Waals surface area contributed by atoms with Gasteiger partial charge < -0.3 is 62.8 Å². The highest BCUT2D eigenvalue weighted by atomic mass is 16.5. The van der Waals surface area contributed by atoms with E-state index in [4.69, 9.17) is 20.9 Å². The number of methoxy groups -OCH3 is 2. The number of nitrogens with one attached hydrogen (secondary N) is 6. The van der Waals surface area contributed by atoms with Crippen LogP contribution in [0.15, 0.2) is 71.4 Å². The zero-order valence-corrected chi connectivity index (χ0v) is 42.2. The van der Waals surface area contributed by atoms with E-state index < -0.39 is 108 Å². The van der Waals surface area contributed by atoms with Gasteiger partial charge in [-0.15, -0.1) is 0 Å². The number of hydrogen-bond donors (Lipinski definition) is 9. The molecule has 1 aliphatic rings. The summed E-state index contributed by atoms with van der Waals surface area (Å²) in [6.07, 6.45) is 4.18. The van der Waals surface area contributed by atoms with E-state index in [0.717, 1.165) is 23.1 Å². The average molecular weight is 995 g/mol. The second-order valence-electron chi connectivity index (χ2n) is 18.0. The summed E-state index contributed by atoms with van der Waals surface area (Å²) in [5.41, 5.74) is 12.4. The molecule has 1 aliphatic heterocycles. The normalized spacial score (nSPS) is 24.2. The number of nitrogens with zero attached hydrogens (tertiary/aromatic N) is 2. The Morgan fingerprint density at radius 2 is 1.52 bits per heavy atom. The number of benzene rings is 1. The van der Waals surface area contributed by atoms with Gasteiger partial charge in [0.15, 0.2) is 5.96 Å². The van der Waals surface area contributed by atoms with Crippen LogP contribution in [0.25, 0.3) is 0 Å². The largest absolute Gasteiger partial charge is 0.480 e. The molecule has 0 spiro atoms. The number of carbonyl (C=O) groups excluding carboxylic acids is 8. The molecule has 3 unspecified atom stereocenters. The van der Waals surface area contributed by atoms with Gasteiger partial charge in [0.25, 0.3) is 5.91 Å². The van der Waals surface area contributed by atoms with Crippen LogP contribution in [0.4, 0.5) is 0 Å². The number of allylic oxidation sites excluding steroid dienone is 2. The zero-order valence-electron chi connectivity index (χ0n) is 42.2. The van der Waals surface area contributed by atoms with Crippen LogP contribution in [-0.4, -0.2) is 139 Å². The number of aliphatic carboxylic acids is 1. The Bertz CT molecular complexity index is 2140. The molecule has 71 heavy (non-hydrogen) atoms. The molecule has 0 aliphatic carbocycles. The van der Waals surface area contributed by atoms with Crippen LogP contribution in [0.1, 0.15) is 85.6 Å². The number of nitrogens with two attached hydrogens (primary N) is 2. The van der Waals surface area contributed by atoms with Crippen LogP contribution in [-0.2, 0) is 59.0 Å². The van der Waals surface area contributed by atoms with Crippen molar-refractivity contribution in [1.29, 1.82) is 0 Å². The fourth-order valence-corrected chi connectivity index (χ4v) is 7.39.